The maximum Gasteiger partial charge on any atom is 2.00 e. The SMILES string of the molecule is CC(C)(C)c1nn2[c-]c1C(C)(C)C(C)(C)c1[c-]n(nc1C(C)(C)C)-c1cccc(n1)C(C)(C)c1cccc-2n1.CC1(C)c2cccc(n2)-n2[c-]c(c(-c3ccccc3)n2)CCc2[c-]n(nc2-c2ccccc2)-c2cccc1n2.CCc1nn2[c-]c1CCCc1[c-]n(nc1CC)-c1cccc(n1)C(C)(C)c1cccc-2n1.[C-]#[N+]c1nn2[c-]c1-c1ccccc1-c1[c-]n(nc1C#N)-c1cccc(n1)C(C)(C)c1cccc-2n1.[Pt+2].[Pt+2].[Pt+2].[Pt+2]. The number of aryl methyl sites for hydroxylation is 6. The molecule has 758 valence electrons. The van der Waals surface area contributed by atoms with Crippen LogP contribution in [-0.4, -0.2) is 118 Å². The van der Waals surface area contributed by atoms with Gasteiger partial charge in [0.15, 0.2) is 0 Å². The fraction of sp³-hybridized carbons (Fsp3) is 0.294. The van der Waals surface area contributed by atoms with Crippen LogP contribution in [0.2, 0.25) is 0 Å². The third kappa shape index (κ3) is 20.7. The fourth-order valence-corrected chi connectivity index (χ4v) is 19.0. The summed E-state index contributed by atoms with van der Waals surface area (Å²) in [7, 11) is 0. The molecule has 0 saturated heterocycles. The predicted octanol–water partition coefficient (Wildman–Crippen LogP) is 22.4. The number of hydrogen-bond donors (Lipinski definition) is 0. The van der Waals surface area contributed by atoms with Crippen LogP contribution in [0.15, 0.2) is 231 Å². The number of fused-ring (bicyclic) bond motifs is 43. The van der Waals surface area contributed by atoms with Crippen LogP contribution in [0.4, 0.5) is 5.82 Å². The van der Waals surface area contributed by atoms with Gasteiger partial charge in [0, 0.05) is 72.3 Å². The molecule has 0 saturated carbocycles. The zero-order chi connectivity index (χ0) is 102. The van der Waals surface area contributed by atoms with Crippen molar-refractivity contribution in [1.29, 1.82) is 5.26 Å². The molecule has 0 amide bonds. The first-order valence-electron chi connectivity index (χ1n) is 49.4. The van der Waals surface area contributed by atoms with Crippen LogP contribution in [0.3, 0.4) is 0 Å². The average molecular weight is 2690 g/mol. The van der Waals surface area contributed by atoms with E-state index in [2.05, 4.69) is 244 Å². The van der Waals surface area contributed by atoms with Crippen LogP contribution in [0.1, 0.15) is 252 Å². The molecule has 149 heavy (non-hydrogen) atoms. The number of benzene rings is 3. The minimum Gasteiger partial charge on any atom is -0.343 e. The molecule has 0 atom stereocenters. The zero-order valence-electron chi connectivity index (χ0n) is 86.8. The van der Waals surface area contributed by atoms with E-state index in [9.17, 15) is 5.26 Å². The third-order valence-electron chi connectivity index (χ3n) is 28.6. The minimum atomic E-state index is -0.554. The third-order valence-corrected chi connectivity index (χ3v) is 28.6. The van der Waals surface area contributed by atoms with Gasteiger partial charge in [0.25, 0.3) is 0 Å². The topological polar surface area (TPSA) is 274 Å². The average Bonchev–Trinajstić information content (AvgIpc) is 1.57. The summed E-state index contributed by atoms with van der Waals surface area (Å²) >= 11 is 0. The van der Waals surface area contributed by atoms with Gasteiger partial charge in [-0.3, -0.25) is 70.5 Å². The van der Waals surface area contributed by atoms with Gasteiger partial charge in [0.1, 0.15) is 0 Å². The quantitative estimate of drug-likeness (QED) is 0.148. The molecule has 4 aliphatic rings. The second-order valence-electron chi connectivity index (χ2n) is 42.4. The van der Waals surface area contributed by atoms with Crippen LogP contribution in [-0.2, 0) is 166 Å². The smallest absolute Gasteiger partial charge is 0.343 e. The van der Waals surface area contributed by atoms with Crippen molar-refractivity contribution in [1.82, 2.24) is 118 Å². The van der Waals surface area contributed by atoms with E-state index in [1.165, 1.54) is 20.5 Å². The minimum absolute atomic E-state index is 0. The van der Waals surface area contributed by atoms with Crippen molar-refractivity contribution in [3.63, 3.8) is 0 Å². The molecular weight excluding hydrogens is 2570 g/mol. The van der Waals surface area contributed by atoms with Crippen molar-refractivity contribution in [2.24, 2.45) is 0 Å². The molecule has 3 aromatic carbocycles. The van der Waals surface area contributed by atoms with Crippen LogP contribution in [0.5, 0.6) is 0 Å². The van der Waals surface area contributed by atoms with E-state index in [0.29, 0.717) is 33.9 Å². The summed E-state index contributed by atoms with van der Waals surface area (Å²) in [5.41, 5.74) is 21.5. The molecule has 32 bridgehead atoms. The van der Waals surface area contributed by atoms with Crippen LogP contribution in [0.25, 0.3) is 96.2 Å². The molecule has 0 spiro atoms. The second-order valence-corrected chi connectivity index (χ2v) is 42.4. The van der Waals surface area contributed by atoms with Gasteiger partial charge >= 0.3 is 90.1 Å². The van der Waals surface area contributed by atoms with E-state index < -0.39 is 21.7 Å². The number of hydrogen-bond acceptors (Lipinski definition) is 17. The molecule has 20 heterocycles. The van der Waals surface area contributed by atoms with Crippen molar-refractivity contribution < 1.29 is 84.3 Å². The monoisotopic (exact) mass is 2680 g/mol. The Bertz CT molecular complexity index is 7760. The van der Waals surface area contributed by atoms with Gasteiger partial charge in [-0.05, 0) is 210 Å². The molecule has 16 aromatic heterocycles. The Kier molecular flexibility index (Phi) is 30.7. The summed E-state index contributed by atoms with van der Waals surface area (Å²) < 4.78 is 13.9. The molecule has 0 unspecified atom stereocenters. The summed E-state index contributed by atoms with van der Waals surface area (Å²) in [6.45, 7) is 51.5. The van der Waals surface area contributed by atoms with E-state index in [1.807, 2.05) is 215 Å². The molecular formula is C119H112N26Pt4. The Morgan fingerprint density at radius 3 is 0.872 bits per heavy atom. The number of nitrogens with zero attached hydrogens (tertiary/aromatic N) is 26. The molecule has 0 N–H and O–H groups in total. The van der Waals surface area contributed by atoms with Crippen molar-refractivity contribution in [2.75, 3.05) is 0 Å². The van der Waals surface area contributed by atoms with Gasteiger partial charge in [-0.25, -0.2) is 15.0 Å². The zero-order valence-corrected chi connectivity index (χ0v) is 95.9. The predicted molar refractivity (Wildman–Crippen MR) is 558 cm³/mol. The molecule has 26 nitrogen and oxygen atoms in total. The van der Waals surface area contributed by atoms with Crippen LogP contribution in [0, 0.1) is 67.5 Å². The molecule has 19 aromatic rings. The first-order valence-corrected chi connectivity index (χ1v) is 49.4. The molecule has 30 heteroatoms. The van der Waals surface area contributed by atoms with Crippen molar-refractivity contribution in [2.45, 2.75) is 227 Å². The summed E-state index contributed by atoms with van der Waals surface area (Å²) in [6.07, 6.45) is 33.9. The second kappa shape index (κ2) is 42.4. The van der Waals surface area contributed by atoms with Crippen molar-refractivity contribution >= 4 is 5.82 Å². The van der Waals surface area contributed by atoms with E-state index in [4.69, 9.17) is 77.0 Å². The number of rotatable bonds is 4. The van der Waals surface area contributed by atoms with E-state index in [-0.39, 0.29) is 117 Å². The van der Waals surface area contributed by atoms with Crippen molar-refractivity contribution in [3.8, 4) is 97.4 Å². The van der Waals surface area contributed by atoms with Crippen LogP contribution >= 0.6 is 0 Å². The maximum absolute atomic E-state index is 9.88. The first-order chi connectivity index (χ1) is 69.4. The van der Waals surface area contributed by atoms with E-state index >= 15 is 0 Å². The van der Waals surface area contributed by atoms with Gasteiger partial charge in [-0.15, -0.1) is 56.6 Å². The normalized spacial score (nSPS) is 14.6. The Balaban J connectivity index is 0.000000141. The van der Waals surface area contributed by atoms with Gasteiger partial charge in [0.05, 0.1) is 58.3 Å². The van der Waals surface area contributed by atoms with Gasteiger partial charge < -0.3 is 37.6 Å². The number of aromatic nitrogens is 24. The Morgan fingerprint density at radius 1 is 0.309 bits per heavy atom. The summed E-state index contributed by atoms with van der Waals surface area (Å²) in [6, 6.07) is 78.1. The molecule has 0 aliphatic carbocycles. The summed E-state index contributed by atoms with van der Waals surface area (Å²) in [5.74, 6) is 5.83. The summed E-state index contributed by atoms with van der Waals surface area (Å²) in [5, 5.41) is 48.7. The maximum atomic E-state index is 9.88. The Morgan fingerprint density at radius 2 is 0.577 bits per heavy atom. The van der Waals surface area contributed by atoms with Gasteiger partial charge in [-0.1, -0.05) is 326 Å². The van der Waals surface area contributed by atoms with E-state index in [0.717, 1.165) is 193 Å². The Hall–Kier alpha value is -13.7. The standard InChI is InChI=1S/C33H26N6.C33H42N6.C27H16N8.C26H28N6.4Pt/c1-33(2)27-15-9-17-29(34-27)38-21-25(31(36-38)23-11-5-3-6-12-23)19-20-26-22-39(30-18-10-16-28(33)35-30)37-32(26)24-13-7-4-8-14-24;1-29(2,3)27-21-19-38(36-27)25-17-13-15-23(34-25)31(7,8)24-16-14-18-26(35-24)39-20-22(28(37-39)30(4,5)6)33(11,12)32(21,9)10;1-27(2)22-10-6-12-24(30-22)34-15-19(21(14-28)32-34)17-8-4-5-9-18(17)20-16-35(33-26(20)29-3)25-13-7-11-23(27)31-25;1-5-20-18-10-7-11-19-17-32(30-21(19)6-2)25-15-9-13-23(28-25)26(3,4)22-12-8-14-24(27-22)31(16-18)29-20;;;;/h3-18H,19-20H2,1-2H3;13-18H,1-12H3;4-13H,1-2H3;8-9,12-15H,5-7,10-11H2,1-4H3;;;;/q4*-2;4*+2. The molecule has 0 fully saturated rings. The first kappa shape index (κ1) is 108. The Labute approximate surface area is 928 Å². The number of pyridine rings is 8. The van der Waals surface area contributed by atoms with Gasteiger partial charge in [0.2, 0.25) is 0 Å². The largest absolute Gasteiger partial charge is 2.00 e. The fourth-order valence-electron chi connectivity index (χ4n) is 19.0. The molecule has 0 radical (unpaired) electrons. The van der Waals surface area contributed by atoms with Crippen LogP contribution < -0.4 is 0 Å². The summed E-state index contributed by atoms with van der Waals surface area (Å²) in [4.78, 5) is 43.6. The van der Waals surface area contributed by atoms with Crippen molar-refractivity contribution in [3.05, 3.63) is 399 Å². The molecule has 23 rings (SSSR count). The van der Waals surface area contributed by atoms with E-state index in [1.54, 1.807) is 9.36 Å². The van der Waals surface area contributed by atoms with Gasteiger partial charge in [-0.2, -0.15) is 0 Å². The number of nitriles is 1. The molecule has 4 aliphatic heterocycles.